The molecule has 0 radical (unpaired) electrons. The van der Waals surface area contributed by atoms with Crippen LogP contribution in [0.25, 0.3) is 11.0 Å². The summed E-state index contributed by atoms with van der Waals surface area (Å²) in [5.41, 5.74) is 2.58. The number of rotatable bonds is 6. The van der Waals surface area contributed by atoms with Crippen molar-refractivity contribution in [3.63, 3.8) is 0 Å². The number of H-pyrrole nitrogens is 1. The third-order valence-electron chi connectivity index (χ3n) is 4.13. The lowest BCUT2D eigenvalue weighted by molar-refractivity contribution is -0.116. The van der Waals surface area contributed by atoms with Crippen molar-refractivity contribution in [2.45, 2.75) is 18.7 Å². The minimum absolute atomic E-state index is 0.0243. The lowest BCUT2D eigenvalue weighted by atomic mass is 10.3. The van der Waals surface area contributed by atoms with E-state index in [1.807, 2.05) is 6.92 Å². The van der Waals surface area contributed by atoms with Crippen molar-refractivity contribution in [3.8, 4) is 0 Å². The highest BCUT2D eigenvalue weighted by atomic mass is 32.2. The fourth-order valence-electron chi connectivity index (χ4n) is 2.80. The van der Waals surface area contributed by atoms with Crippen LogP contribution < -0.4 is 10.6 Å². The maximum absolute atomic E-state index is 12.7. The number of aromatic amines is 1. The molecule has 2 amide bonds. The second-order valence-electron chi connectivity index (χ2n) is 6.57. The molecule has 1 aromatic heterocycles. The van der Waals surface area contributed by atoms with E-state index in [9.17, 15) is 18.0 Å². The van der Waals surface area contributed by atoms with E-state index < -0.39 is 15.9 Å². The Morgan fingerprint density at radius 2 is 1.72 bits per heavy atom. The number of hydrogen-bond acceptors (Lipinski definition) is 5. The molecule has 3 N–H and O–H groups in total. The monoisotopic (exact) mass is 415 g/mol. The summed E-state index contributed by atoms with van der Waals surface area (Å²) >= 11 is 0. The molecule has 2 aromatic carbocycles. The number of carbonyl (C=O) groups is 2. The molecule has 0 atom stereocenters. The summed E-state index contributed by atoms with van der Waals surface area (Å²) in [7, 11) is -2.53. The van der Waals surface area contributed by atoms with Crippen LogP contribution in [0.1, 0.15) is 12.7 Å². The van der Waals surface area contributed by atoms with Crippen molar-refractivity contribution in [1.82, 2.24) is 14.3 Å². The molecule has 29 heavy (non-hydrogen) atoms. The van der Waals surface area contributed by atoms with Crippen LogP contribution in [0.3, 0.4) is 0 Å². The Kier molecular flexibility index (Phi) is 5.66. The van der Waals surface area contributed by atoms with Gasteiger partial charge in [0.2, 0.25) is 21.8 Å². The van der Waals surface area contributed by atoms with E-state index >= 15 is 0 Å². The van der Waals surface area contributed by atoms with Crippen LogP contribution in [-0.2, 0) is 19.6 Å². The fraction of sp³-hybridized carbons (Fsp3) is 0.211. The number of sulfonamides is 1. The summed E-state index contributed by atoms with van der Waals surface area (Å²) in [6.45, 7) is 2.85. The number of fused-ring (bicyclic) bond motifs is 1. The molecule has 0 unspecified atom stereocenters. The van der Waals surface area contributed by atoms with Gasteiger partial charge in [0, 0.05) is 25.3 Å². The minimum atomic E-state index is -3.86. The molecule has 10 heteroatoms. The van der Waals surface area contributed by atoms with Gasteiger partial charge in [-0.25, -0.2) is 13.4 Å². The Balaban J connectivity index is 1.67. The number of likely N-dealkylation sites (N-methyl/N-ethyl adjacent to an activating group) is 1. The zero-order valence-corrected chi connectivity index (χ0v) is 17.0. The smallest absolute Gasteiger partial charge is 0.243 e. The summed E-state index contributed by atoms with van der Waals surface area (Å²) in [6.07, 6.45) is 0. The first-order valence-corrected chi connectivity index (χ1v) is 10.2. The van der Waals surface area contributed by atoms with Gasteiger partial charge in [-0.05, 0) is 49.4 Å². The molecule has 0 saturated carbocycles. The molecule has 3 aromatic rings. The van der Waals surface area contributed by atoms with Crippen LogP contribution in [0, 0.1) is 6.92 Å². The number of anilines is 2. The largest absolute Gasteiger partial charge is 0.342 e. The number of aryl methyl sites for hydroxylation is 1. The van der Waals surface area contributed by atoms with Gasteiger partial charge in [0.15, 0.2) is 0 Å². The van der Waals surface area contributed by atoms with Gasteiger partial charge in [-0.2, -0.15) is 4.31 Å². The molecule has 9 nitrogen and oxygen atoms in total. The number of imidazole rings is 1. The zero-order valence-electron chi connectivity index (χ0n) is 16.2. The number of nitrogens with zero attached hydrogens (tertiary/aromatic N) is 2. The van der Waals surface area contributed by atoms with Gasteiger partial charge >= 0.3 is 0 Å². The highest BCUT2D eigenvalue weighted by molar-refractivity contribution is 7.89. The third-order valence-corrected chi connectivity index (χ3v) is 5.95. The number of carbonyl (C=O) groups excluding carboxylic acids is 2. The molecule has 0 aliphatic heterocycles. The first kappa shape index (κ1) is 20.5. The summed E-state index contributed by atoms with van der Waals surface area (Å²) in [4.78, 5) is 30.8. The van der Waals surface area contributed by atoms with Crippen LogP contribution in [0.2, 0.25) is 0 Å². The summed E-state index contributed by atoms with van der Waals surface area (Å²) in [5.74, 6) is 0.0400. The molecular formula is C19H21N5O4S. The summed E-state index contributed by atoms with van der Waals surface area (Å²) in [5, 5.41) is 5.26. The highest BCUT2D eigenvalue weighted by Gasteiger charge is 2.23. The standard InChI is InChI=1S/C19H21N5O4S/c1-12-20-17-9-6-15(10-18(17)21-12)23-19(26)11-24(3)29(27,28)16-7-4-14(5-8-16)22-13(2)25/h4-10H,11H2,1-3H3,(H,20,21)(H,22,25)(H,23,26). The molecule has 0 fully saturated rings. The maximum Gasteiger partial charge on any atom is 0.243 e. The SMILES string of the molecule is CC(=O)Nc1ccc(S(=O)(=O)N(C)CC(=O)Nc2ccc3nc(C)[nH]c3c2)cc1. The number of benzene rings is 2. The van der Waals surface area contributed by atoms with Crippen LogP contribution in [0.5, 0.6) is 0 Å². The Bertz CT molecular complexity index is 1170. The molecule has 3 rings (SSSR count). The second-order valence-corrected chi connectivity index (χ2v) is 8.61. The number of nitrogens with one attached hydrogen (secondary N) is 3. The molecular weight excluding hydrogens is 394 g/mol. The minimum Gasteiger partial charge on any atom is -0.342 e. The molecule has 0 spiro atoms. The second kappa shape index (κ2) is 8.02. The number of hydrogen-bond donors (Lipinski definition) is 3. The molecule has 152 valence electrons. The van der Waals surface area contributed by atoms with Gasteiger partial charge in [0.05, 0.1) is 22.5 Å². The van der Waals surface area contributed by atoms with Gasteiger partial charge < -0.3 is 15.6 Å². The first-order valence-electron chi connectivity index (χ1n) is 8.75. The third kappa shape index (κ3) is 4.79. The van der Waals surface area contributed by atoms with E-state index in [-0.39, 0.29) is 17.3 Å². The van der Waals surface area contributed by atoms with Crippen molar-refractivity contribution >= 4 is 44.2 Å². The van der Waals surface area contributed by atoms with Gasteiger partial charge in [0.25, 0.3) is 0 Å². The van der Waals surface area contributed by atoms with E-state index in [0.717, 1.165) is 21.2 Å². The first-order chi connectivity index (χ1) is 13.6. The lowest BCUT2D eigenvalue weighted by Gasteiger charge is -2.17. The molecule has 0 aliphatic rings. The van der Waals surface area contributed by atoms with E-state index in [0.29, 0.717) is 11.4 Å². The van der Waals surface area contributed by atoms with Crippen LogP contribution in [-0.4, -0.2) is 48.1 Å². The van der Waals surface area contributed by atoms with Crippen molar-refractivity contribution in [1.29, 1.82) is 0 Å². The Hall–Kier alpha value is -3.24. The van der Waals surface area contributed by atoms with Crippen LogP contribution >= 0.6 is 0 Å². The number of aromatic nitrogens is 2. The van der Waals surface area contributed by atoms with Crippen molar-refractivity contribution < 1.29 is 18.0 Å². The average Bonchev–Trinajstić information content (AvgIpc) is 3.00. The van der Waals surface area contributed by atoms with E-state index in [4.69, 9.17) is 0 Å². The van der Waals surface area contributed by atoms with Crippen LogP contribution in [0.4, 0.5) is 11.4 Å². The van der Waals surface area contributed by atoms with Crippen molar-refractivity contribution in [2.24, 2.45) is 0 Å². The Labute approximate surface area is 168 Å². The summed E-state index contributed by atoms with van der Waals surface area (Å²) < 4.78 is 26.3. The summed E-state index contributed by atoms with van der Waals surface area (Å²) in [6, 6.07) is 10.9. The normalized spacial score (nSPS) is 11.6. The molecule has 0 aliphatic carbocycles. The number of amides is 2. The lowest BCUT2D eigenvalue weighted by Crippen LogP contribution is -2.34. The van der Waals surface area contributed by atoms with E-state index in [1.54, 1.807) is 18.2 Å². The van der Waals surface area contributed by atoms with Gasteiger partial charge in [-0.15, -0.1) is 0 Å². The fourth-order valence-corrected chi connectivity index (χ4v) is 3.92. The van der Waals surface area contributed by atoms with E-state index in [1.165, 1.54) is 38.2 Å². The average molecular weight is 415 g/mol. The predicted octanol–water partition coefficient (Wildman–Crippen LogP) is 2.09. The van der Waals surface area contributed by atoms with Gasteiger partial charge in [-0.3, -0.25) is 9.59 Å². The topological polar surface area (TPSA) is 124 Å². The van der Waals surface area contributed by atoms with Gasteiger partial charge in [0.1, 0.15) is 5.82 Å². The molecule has 0 bridgehead atoms. The highest BCUT2D eigenvalue weighted by Crippen LogP contribution is 2.19. The van der Waals surface area contributed by atoms with Crippen molar-refractivity contribution in [2.75, 3.05) is 24.2 Å². The van der Waals surface area contributed by atoms with Crippen LogP contribution in [0.15, 0.2) is 47.4 Å². The molecule has 1 heterocycles. The Morgan fingerprint density at radius 1 is 1.07 bits per heavy atom. The maximum atomic E-state index is 12.7. The molecule has 0 saturated heterocycles. The Morgan fingerprint density at radius 3 is 2.38 bits per heavy atom. The quantitative estimate of drug-likeness (QED) is 0.569. The van der Waals surface area contributed by atoms with Gasteiger partial charge in [-0.1, -0.05) is 0 Å². The van der Waals surface area contributed by atoms with Crippen molar-refractivity contribution in [3.05, 3.63) is 48.3 Å². The van der Waals surface area contributed by atoms with E-state index in [2.05, 4.69) is 20.6 Å². The zero-order chi connectivity index (χ0) is 21.2. The predicted molar refractivity (Wildman–Crippen MR) is 110 cm³/mol.